The first kappa shape index (κ1) is 11.0. The van der Waals surface area contributed by atoms with Gasteiger partial charge in [0.15, 0.2) is 0 Å². The summed E-state index contributed by atoms with van der Waals surface area (Å²) in [6.07, 6.45) is 0. The predicted octanol–water partition coefficient (Wildman–Crippen LogP) is 3.31. The molecule has 1 aromatic heterocycles. The van der Waals surface area contributed by atoms with Gasteiger partial charge in [-0.25, -0.2) is 4.79 Å². The molecule has 0 radical (unpaired) electrons. The van der Waals surface area contributed by atoms with Crippen molar-refractivity contribution >= 4 is 39.9 Å². The second kappa shape index (κ2) is 3.96. The molecule has 0 N–H and O–H groups in total. The molecule has 0 aliphatic rings. The molecule has 4 heteroatoms. The van der Waals surface area contributed by atoms with Crippen LogP contribution in [0.15, 0.2) is 12.1 Å². The lowest BCUT2D eigenvalue weighted by Crippen LogP contribution is -2.23. The summed E-state index contributed by atoms with van der Waals surface area (Å²) in [4.78, 5) is 12.1. The van der Waals surface area contributed by atoms with Crippen LogP contribution in [-0.4, -0.2) is 11.6 Å². The van der Waals surface area contributed by atoms with E-state index in [9.17, 15) is 4.79 Å². The molecular weight excluding hydrogens is 299 g/mol. The molecule has 1 heterocycles. The summed E-state index contributed by atoms with van der Waals surface area (Å²) in [5.41, 5.74) is -0.410. The second-order valence-corrected chi connectivity index (χ2v) is 6.58. The van der Waals surface area contributed by atoms with Crippen molar-refractivity contribution in [1.82, 2.24) is 0 Å². The topological polar surface area (TPSA) is 26.3 Å². The van der Waals surface area contributed by atoms with Gasteiger partial charge >= 0.3 is 5.97 Å². The number of esters is 1. The van der Waals surface area contributed by atoms with E-state index in [1.807, 2.05) is 26.8 Å². The van der Waals surface area contributed by atoms with E-state index in [1.54, 1.807) is 6.07 Å². The maximum atomic E-state index is 11.5. The zero-order chi connectivity index (χ0) is 10.1. The van der Waals surface area contributed by atoms with Crippen molar-refractivity contribution in [3.63, 3.8) is 0 Å². The first-order valence-electron chi connectivity index (χ1n) is 3.87. The summed E-state index contributed by atoms with van der Waals surface area (Å²) in [5, 5.41) is 0. The van der Waals surface area contributed by atoms with Crippen molar-refractivity contribution in [3.8, 4) is 0 Å². The second-order valence-electron chi connectivity index (χ2n) is 3.61. The third-order valence-electron chi connectivity index (χ3n) is 1.17. The Bertz CT molecular complexity index is 312. The molecule has 0 saturated carbocycles. The number of hydrogen-bond acceptors (Lipinski definition) is 3. The molecule has 0 bridgehead atoms. The van der Waals surface area contributed by atoms with E-state index in [2.05, 4.69) is 22.6 Å². The monoisotopic (exact) mass is 310 g/mol. The van der Waals surface area contributed by atoms with Gasteiger partial charge in [0.25, 0.3) is 0 Å². The first-order valence-corrected chi connectivity index (χ1v) is 5.77. The van der Waals surface area contributed by atoms with Crippen LogP contribution in [0.25, 0.3) is 0 Å². The first-order chi connectivity index (χ1) is 5.88. The van der Waals surface area contributed by atoms with E-state index >= 15 is 0 Å². The standard InChI is InChI=1S/C9H11IO2S/c1-9(2,3)12-8(11)6-4-5-7(10)13-6/h4-5H,1-3H3. The highest BCUT2D eigenvalue weighted by atomic mass is 127. The molecule has 1 aromatic rings. The predicted molar refractivity (Wildman–Crippen MR) is 62.2 cm³/mol. The van der Waals surface area contributed by atoms with Gasteiger partial charge in [-0.2, -0.15) is 0 Å². The Hall–Kier alpha value is -0.100. The Morgan fingerprint density at radius 1 is 1.46 bits per heavy atom. The smallest absolute Gasteiger partial charge is 0.348 e. The Labute approximate surface area is 95.4 Å². The zero-order valence-electron chi connectivity index (χ0n) is 7.76. The van der Waals surface area contributed by atoms with E-state index in [1.165, 1.54) is 11.3 Å². The molecule has 0 unspecified atom stereocenters. The minimum Gasteiger partial charge on any atom is -0.456 e. The molecule has 0 spiro atoms. The van der Waals surface area contributed by atoms with Crippen LogP contribution in [0.1, 0.15) is 30.4 Å². The van der Waals surface area contributed by atoms with Crippen LogP contribution in [-0.2, 0) is 4.74 Å². The number of hydrogen-bond donors (Lipinski definition) is 0. The van der Waals surface area contributed by atoms with Crippen LogP contribution in [0.3, 0.4) is 0 Å². The van der Waals surface area contributed by atoms with E-state index in [-0.39, 0.29) is 5.97 Å². The van der Waals surface area contributed by atoms with Crippen molar-refractivity contribution in [1.29, 1.82) is 0 Å². The summed E-state index contributed by atoms with van der Waals surface area (Å²) in [7, 11) is 0. The lowest BCUT2D eigenvalue weighted by atomic mass is 10.2. The molecule has 72 valence electrons. The van der Waals surface area contributed by atoms with Crippen LogP contribution in [0.2, 0.25) is 0 Å². The molecule has 0 aliphatic heterocycles. The van der Waals surface area contributed by atoms with Gasteiger partial charge < -0.3 is 4.74 Å². The van der Waals surface area contributed by atoms with Crippen molar-refractivity contribution < 1.29 is 9.53 Å². The molecule has 2 nitrogen and oxygen atoms in total. The lowest BCUT2D eigenvalue weighted by molar-refractivity contribution is 0.00753. The normalized spacial score (nSPS) is 11.4. The summed E-state index contributed by atoms with van der Waals surface area (Å²) < 4.78 is 6.30. The van der Waals surface area contributed by atoms with Gasteiger partial charge in [0, 0.05) is 0 Å². The lowest BCUT2D eigenvalue weighted by Gasteiger charge is -2.18. The van der Waals surface area contributed by atoms with Crippen molar-refractivity contribution in [3.05, 3.63) is 19.9 Å². The molecule has 0 amide bonds. The molecule has 0 fully saturated rings. The number of rotatable bonds is 1. The van der Waals surface area contributed by atoms with Crippen LogP contribution >= 0.6 is 33.9 Å². The van der Waals surface area contributed by atoms with Gasteiger partial charge in [-0.05, 0) is 55.5 Å². The molecule has 1 rings (SSSR count). The Morgan fingerprint density at radius 3 is 2.46 bits per heavy atom. The Balaban J connectivity index is 2.70. The Morgan fingerprint density at radius 2 is 2.08 bits per heavy atom. The highest BCUT2D eigenvalue weighted by molar-refractivity contribution is 14.1. The average molecular weight is 310 g/mol. The summed E-state index contributed by atoms with van der Waals surface area (Å²) >= 11 is 3.63. The minimum atomic E-state index is -0.410. The highest BCUT2D eigenvalue weighted by Crippen LogP contribution is 2.21. The van der Waals surface area contributed by atoms with Crippen molar-refractivity contribution in [2.75, 3.05) is 0 Å². The molecule has 0 aromatic carbocycles. The van der Waals surface area contributed by atoms with Gasteiger partial charge in [-0.15, -0.1) is 11.3 Å². The third kappa shape index (κ3) is 3.64. The third-order valence-corrected chi connectivity index (χ3v) is 3.05. The van der Waals surface area contributed by atoms with E-state index in [4.69, 9.17) is 4.74 Å². The maximum absolute atomic E-state index is 11.5. The number of ether oxygens (including phenoxy) is 1. The van der Waals surface area contributed by atoms with Crippen LogP contribution in [0.5, 0.6) is 0 Å². The van der Waals surface area contributed by atoms with Crippen molar-refractivity contribution in [2.45, 2.75) is 26.4 Å². The number of halogens is 1. The molecule has 13 heavy (non-hydrogen) atoms. The molecule has 0 saturated heterocycles. The van der Waals surface area contributed by atoms with Crippen LogP contribution in [0, 0.1) is 2.88 Å². The highest BCUT2D eigenvalue weighted by Gasteiger charge is 2.18. The summed E-state index contributed by atoms with van der Waals surface area (Å²) in [6, 6.07) is 3.70. The molecule has 0 aliphatic carbocycles. The number of thiophene rings is 1. The molecule has 0 atom stereocenters. The fourth-order valence-corrected chi connectivity index (χ4v) is 2.25. The largest absolute Gasteiger partial charge is 0.456 e. The SMILES string of the molecule is CC(C)(C)OC(=O)c1ccc(I)s1. The molecular formula is C9H11IO2S. The number of carbonyl (C=O) groups excluding carboxylic acids is 1. The van der Waals surface area contributed by atoms with Gasteiger partial charge in [0.05, 0.1) is 2.88 Å². The minimum absolute atomic E-state index is 0.236. The van der Waals surface area contributed by atoms with E-state index in [0.29, 0.717) is 4.88 Å². The summed E-state index contributed by atoms with van der Waals surface area (Å²) in [6.45, 7) is 5.59. The Kier molecular flexibility index (Phi) is 3.34. The van der Waals surface area contributed by atoms with Crippen LogP contribution in [0.4, 0.5) is 0 Å². The fraction of sp³-hybridized carbons (Fsp3) is 0.444. The maximum Gasteiger partial charge on any atom is 0.348 e. The van der Waals surface area contributed by atoms with Gasteiger partial charge in [0.1, 0.15) is 10.5 Å². The van der Waals surface area contributed by atoms with Gasteiger partial charge in [-0.3, -0.25) is 0 Å². The number of carbonyl (C=O) groups is 1. The summed E-state index contributed by atoms with van der Waals surface area (Å²) in [5.74, 6) is -0.236. The quantitative estimate of drug-likeness (QED) is 0.587. The van der Waals surface area contributed by atoms with Gasteiger partial charge in [-0.1, -0.05) is 0 Å². The zero-order valence-corrected chi connectivity index (χ0v) is 10.7. The van der Waals surface area contributed by atoms with Crippen LogP contribution < -0.4 is 0 Å². The van der Waals surface area contributed by atoms with E-state index in [0.717, 1.165) is 2.88 Å². The van der Waals surface area contributed by atoms with Crippen molar-refractivity contribution in [2.24, 2.45) is 0 Å². The average Bonchev–Trinajstić information content (AvgIpc) is 2.31. The fourth-order valence-electron chi connectivity index (χ4n) is 0.752. The van der Waals surface area contributed by atoms with Gasteiger partial charge in [0.2, 0.25) is 0 Å². The van der Waals surface area contributed by atoms with E-state index < -0.39 is 5.60 Å².